The molecule has 1 saturated heterocycles. The Bertz CT molecular complexity index is 505. The maximum Gasteiger partial charge on any atom is 0.416 e. The van der Waals surface area contributed by atoms with Crippen molar-refractivity contribution >= 4 is 5.69 Å². The maximum atomic E-state index is 12.6. The standard InChI is InChI=1S/C13H14F3N3O/c14-13(15,16)10-1-2-12(9(5-10)6-17)19-8-11-7-18-3-4-20-11/h1-2,5,11,18-19H,3-4,7-8H2. The summed E-state index contributed by atoms with van der Waals surface area (Å²) in [6.07, 6.45) is -4.50. The molecule has 0 saturated carbocycles. The Morgan fingerprint density at radius 1 is 1.45 bits per heavy atom. The largest absolute Gasteiger partial charge is 0.416 e. The van der Waals surface area contributed by atoms with Crippen LogP contribution in [0.4, 0.5) is 18.9 Å². The molecule has 108 valence electrons. The Hall–Kier alpha value is -1.78. The molecule has 0 radical (unpaired) electrons. The van der Waals surface area contributed by atoms with Crippen molar-refractivity contribution < 1.29 is 17.9 Å². The summed E-state index contributed by atoms with van der Waals surface area (Å²) in [5, 5.41) is 15.1. The number of halogens is 3. The molecule has 1 aliphatic rings. The molecule has 1 fully saturated rings. The third kappa shape index (κ3) is 3.62. The van der Waals surface area contributed by atoms with Crippen molar-refractivity contribution in [2.24, 2.45) is 0 Å². The van der Waals surface area contributed by atoms with Crippen LogP contribution in [-0.2, 0) is 10.9 Å². The van der Waals surface area contributed by atoms with E-state index in [1.807, 2.05) is 0 Å². The van der Waals surface area contributed by atoms with Crippen LogP contribution in [0.1, 0.15) is 11.1 Å². The molecule has 0 aliphatic carbocycles. The van der Waals surface area contributed by atoms with Crippen molar-refractivity contribution in [3.05, 3.63) is 29.3 Å². The Kier molecular flexibility index (Phi) is 4.47. The highest BCUT2D eigenvalue weighted by Gasteiger charge is 2.31. The minimum Gasteiger partial charge on any atom is -0.381 e. The van der Waals surface area contributed by atoms with Gasteiger partial charge in [0.25, 0.3) is 0 Å². The molecule has 0 aromatic heterocycles. The molecule has 0 spiro atoms. The van der Waals surface area contributed by atoms with E-state index in [9.17, 15) is 13.2 Å². The van der Waals surface area contributed by atoms with Gasteiger partial charge in [-0.25, -0.2) is 0 Å². The number of alkyl halides is 3. The average Bonchev–Trinajstić information content (AvgIpc) is 2.45. The van der Waals surface area contributed by atoms with Gasteiger partial charge in [-0.05, 0) is 18.2 Å². The molecule has 2 rings (SSSR count). The highest BCUT2D eigenvalue weighted by atomic mass is 19.4. The second kappa shape index (κ2) is 6.11. The quantitative estimate of drug-likeness (QED) is 0.891. The number of morpholine rings is 1. The van der Waals surface area contributed by atoms with Gasteiger partial charge in [-0.2, -0.15) is 18.4 Å². The first-order valence-electron chi connectivity index (χ1n) is 6.18. The van der Waals surface area contributed by atoms with Crippen LogP contribution in [-0.4, -0.2) is 32.3 Å². The predicted molar refractivity (Wildman–Crippen MR) is 67.3 cm³/mol. The van der Waals surface area contributed by atoms with Gasteiger partial charge >= 0.3 is 6.18 Å². The van der Waals surface area contributed by atoms with E-state index in [1.165, 1.54) is 6.07 Å². The lowest BCUT2D eigenvalue weighted by atomic mass is 10.1. The number of hydrogen-bond acceptors (Lipinski definition) is 4. The Morgan fingerprint density at radius 3 is 2.85 bits per heavy atom. The molecule has 1 unspecified atom stereocenters. The van der Waals surface area contributed by atoms with E-state index in [1.54, 1.807) is 6.07 Å². The van der Waals surface area contributed by atoms with Gasteiger partial charge in [0.1, 0.15) is 6.07 Å². The second-order valence-corrected chi connectivity index (χ2v) is 4.45. The summed E-state index contributed by atoms with van der Waals surface area (Å²) < 4.78 is 43.1. The van der Waals surface area contributed by atoms with Crippen LogP contribution in [0.3, 0.4) is 0 Å². The smallest absolute Gasteiger partial charge is 0.381 e. The predicted octanol–water partition coefficient (Wildman–Crippen LogP) is 1.98. The van der Waals surface area contributed by atoms with Crippen molar-refractivity contribution in [3.8, 4) is 6.07 Å². The van der Waals surface area contributed by atoms with Crippen LogP contribution in [0.15, 0.2) is 18.2 Å². The fourth-order valence-electron chi connectivity index (χ4n) is 1.94. The molecule has 4 nitrogen and oxygen atoms in total. The zero-order valence-electron chi connectivity index (χ0n) is 10.6. The molecule has 1 heterocycles. The van der Waals surface area contributed by atoms with Gasteiger partial charge in [0.2, 0.25) is 0 Å². The number of benzene rings is 1. The monoisotopic (exact) mass is 285 g/mol. The van der Waals surface area contributed by atoms with Gasteiger partial charge in [-0.1, -0.05) is 0 Å². The van der Waals surface area contributed by atoms with Crippen molar-refractivity contribution in [1.82, 2.24) is 5.32 Å². The second-order valence-electron chi connectivity index (χ2n) is 4.45. The van der Waals surface area contributed by atoms with Crippen LogP contribution in [0, 0.1) is 11.3 Å². The van der Waals surface area contributed by atoms with Gasteiger partial charge in [-0.15, -0.1) is 0 Å². The zero-order chi connectivity index (χ0) is 14.6. The number of hydrogen-bond donors (Lipinski definition) is 2. The molecule has 0 bridgehead atoms. The fourth-order valence-corrected chi connectivity index (χ4v) is 1.94. The van der Waals surface area contributed by atoms with Gasteiger partial charge in [0.15, 0.2) is 0 Å². The number of nitriles is 1. The van der Waals surface area contributed by atoms with Gasteiger partial charge in [0, 0.05) is 19.6 Å². The highest BCUT2D eigenvalue weighted by Crippen LogP contribution is 2.31. The Balaban J connectivity index is 2.06. The summed E-state index contributed by atoms with van der Waals surface area (Å²) in [5.74, 6) is 0. The number of anilines is 1. The van der Waals surface area contributed by atoms with Crippen molar-refractivity contribution in [1.29, 1.82) is 5.26 Å². The lowest BCUT2D eigenvalue weighted by molar-refractivity contribution is -0.137. The van der Waals surface area contributed by atoms with E-state index in [-0.39, 0.29) is 11.7 Å². The van der Waals surface area contributed by atoms with Gasteiger partial charge in [-0.3, -0.25) is 0 Å². The Morgan fingerprint density at radius 2 is 2.25 bits per heavy atom. The molecular formula is C13H14F3N3O. The van der Waals surface area contributed by atoms with Crippen LogP contribution < -0.4 is 10.6 Å². The van der Waals surface area contributed by atoms with Crippen LogP contribution >= 0.6 is 0 Å². The number of nitrogens with zero attached hydrogens (tertiary/aromatic N) is 1. The van der Waals surface area contributed by atoms with Gasteiger partial charge in [0.05, 0.1) is 29.5 Å². The molecule has 1 atom stereocenters. The topological polar surface area (TPSA) is 57.1 Å². The summed E-state index contributed by atoms with van der Waals surface area (Å²) in [6, 6.07) is 4.86. The van der Waals surface area contributed by atoms with Crippen molar-refractivity contribution in [2.75, 3.05) is 31.6 Å². The normalized spacial score (nSPS) is 19.4. The van der Waals surface area contributed by atoms with Crippen LogP contribution in [0.25, 0.3) is 0 Å². The molecule has 1 aliphatic heterocycles. The summed E-state index contributed by atoms with van der Waals surface area (Å²) in [6.45, 7) is 2.51. The van der Waals surface area contributed by atoms with Crippen LogP contribution in [0.5, 0.6) is 0 Å². The van der Waals surface area contributed by atoms with Crippen LogP contribution in [0.2, 0.25) is 0 Å². The minimum atomic E-state index is -4.44. The number of ether oxygens (including phenoxy) is 1. The summed E-state index contributed by atoms with van der Waals surface area (Å²) in [7, 11) is 0. The van der Waals surface area contributed by atoms with E-state index >= 15 is 0 Å². The lowest BCUT2D eigenvalue weighted by Gasteiger charge is -2.24. The Labute approximate surface area is 114 Å². The molecule has 0 amide bonds. The summed E-state index contributed by atoms with van der Waals surface area (Å²) in [4.78, 5) is 0. The fraction of sp³-hybridized carbons (Fsp3) is 0.462. The molecule has 1 aromatic carbocycles. The van der Waals surface area contributed by atoms with E-state index in [4.69, 9.17) is 10.00 Å². The first-order chi connectivity index (χ1) is 9.50. The van der Waals surface area contributed by atoms with Crippen molar-refractivity contribution in [2.45, 2.75) is 12.3 Å². The maximum absolute atomic E-state index is 12.6. The first kappa shape index (κ1) is 14.6. The van der Waals surface area contributed by atoms with E-state index in [0.717, 1.165) is 18.7 Å². The SMILES string of the molecule is N#Cc1cc(C(F)(F)F)ccc1NCC1CNCCO1. The zero-order valence-corrected chi connectivity index (χ0v) is 10.6. The highest BCUT2D eigenvalue weighted by molar-refractivity contribution is 5.59. The average molecular weight is 285 g/mol. The number of rotatable bonds is 3. The first-order valence-corrected chi connectivity index (χ1v) is 6.18. The van der Waals surface area contributed by atoms with E-state index < -0.39 is 11.7 Å². The lowest BCUT2D eigenvalue weighted by Crippen LogP contribution is -2.42. The minimum absolute atomic E-state index is 0.0245. The molecule has 7 heteroatoms. The summed E-state index contributed by atoms with van der Waals surface area (Å²) in [5.41, 5.74) is -0.464. The molecule has 2 N–H and O–H groups in total. The third-order valence-electron chi connectivity index (χ3n) is 2.99. The third-order valence-corrected chi connectivity index (χ3v) is 2.99. The van der Waals surface area contributed by atoms with Crippen molar-refractivity contribution in [3.63, 3.8) is 0 Å². The van der Waals surface area contributed by atoms with Gasteiger partial charge < -0.3 is 15.4 Å². The molecule has 20 heavy (non-hydrogen) atoms. The van der Waals surface area contributed by atoms with E-state index in [0.29, 0.717) is 25.4 Å². The molecule has 1 aromatic rings. The number of nitrogens with one attached hydrogen (secondary N) is 2. The molecular weight excluding hydrogens is 271 g/mol. The van der Waals surface area contributed by atoms with E-state index in [2.05, 4.69) is 10.6 Å². The summed E-state index contributed by atoms with van der Waals surface area (Å²) >= 11 is 0.